The molecular formula is C16H20FN3O. The van der Waals surface area contributed by atoms with Crippen molar-refractivity contribution in [3.8, 4) is 11.8 Å². The standard InChI is InChI=1S/C16H20FN3O/c1-11-7-13(5-6-14(11)17)21-15-18-8-12(9-19-15)10-20-16(2,3)4/h5-9,20H,10H2,1-4H3. The van der Waals surface area contributed by atoms with E-state index in [4.69, 9.17) is 4.74 Å². The van der Waals surface area contributed by atoms with E-state index in [-0.39, 0.29) is 17.4 Å². The summed E-state index contributed by atoms with van der Waals surface area (Å²) in [4.78, 5) is 8.32. The Morgan fingerprint density at radius 2 is 1.86 bits per heavy atom. The van der Waals surface area contributed by atoms with Crippen molar-refractivity contribution in [2.75, 3.05) is 0 Å². The van der Waals surface area contributed by atoms with Gasteiger partial charge in [-0.05, 0) is 51.5 Å². The number of halogens is 1. The van der Waals surface area contributed by atoms with Crippen LogP contribution in [0, 0.1) is 12.7 Å². The minimum absolute atomic E-state index is 0.0425. The number of aryl methyl sites for hydroxylation is 1. The minimum Gasteiger partial charge on any atom is -0.424 e. The number of hydrogen-bond donors (Lipinski definition) is 1. The summed E-state index contributed by atoms with van der Waals surface area (Å²) >= 11 is 0. The topological polar surface area (TPSA) is 47.0 Å². The molecule has 2 rings (SSSR count). The van der Waals surface area contributed by atoms with Crippen molar-refractivity contribution < 1.29 is 9.13 Å². The fraction of sp³-hybridized carbons (Fsp3) is 0.375. The Hall–Kier alpha value is -2.01. The number of nitrogens with zero attached hydrogens (tertiary/aromatic N) is 2. The Morgan fingerprint density at radius 1 is 1.19 bits per heavy atom. The lowest BCUT2D eigenvalue weighted by molar-refractivity contribution is 0.419. The first-order valence-electron chi connectivity index (χ1n) is 6.83. The summed E-state index contributed by atoms with van der Waals surface area (Å²) in [6.07, 6.45) is 3.44. The van der Waals surface area contributed by atoms with Crippen molar-refractivity contribution in [1.29, 1.82) is 0 Å². The lowest BCUT2D eigenvalue weighted by atomic mass is 10.1. The van der Waals surface area contributed by atoms with Crippen LogP contribution in [0.15, 0.2) is 30.6 Å². The quantitative estimate of drug-likeness (QED) is 0.934. The fourth-order valence-corrected chi connectivity index (χ4v) is 1.64. The van der Waals surface area contributed by atoms with E-state index in [1.165, 1.54) is 6.07 Å². The van der Waals surface area contributed by atoms with Gasteiger partial charge in [-0.15, -0.1) is 0 Å². The van der Waals surface area contributed by atoms with Crippen molar-refractivity contribution in [2.45, 2.75) is 39.8 Å². The molecule has 0 aliphatic heterocycles. The largest absolute Gasteiger partial charge is 0.424 e. The molecule has 21 heavy (non-hydrogen) atoms. The molecule has 0 saturated carbocycles. The maximum Gasteiger partial charge on any atom is 0.321 e. The van der Waals surface area contributed by atoms with E-state index < -0.39 is 0 Å². The third-order valence-electron chi connectivity index (χ3n) is 2.84. The Bertz CT molecular complexity index is 606. The van der Waals surface area contributed by atoms with Crippen LogP contribution in [0.1, 0.15) is 31.9 Å². The van der Waals surface area contributed by atoms with E-state index in [0.29, 0.717) is 17.9 Å². The highest BCUT2D eigenvalue weighted by Crippen LogP contribution is 2.20. The molecule has 1 aromatic carbocycles. The number of benzene rings is 1. The predicted molar refractivity (Wildman–Crippen MR) is 79.8 cm³/mol. The van der Waals surface area contributed by atoms with Crippen molar-refractivity contribution >= 4 is 0 Å². The van der Waals surface area contributed by atoms with Crippen LogP contribution >= 0.6 is 0 Å². The van der Waals surface area contributed by atoms with Crippen LogP contribution < -0.4 is 10.1 Å². The van der Waals surface area contributed by atoms with Gasteiger partial charge in [0.2, 0.25) is 0 Å². The summed E-state index contributed by atoms with van der Waals surface area (Å²) < 4.78 is 18.7. The molecule has 4 nitrogen and oxygen atoms in total. The van der Waals surface area contributed by atoms with Gasteiger partial charge in [0.1, 0.15) is 11.6 Å². The zero-order valence-electron chi connectivity index (χ0n) is 12.8. The predicted octanol–water partition coefficient (Wildman–Crippen LogP) is 3.60. The van der Waals surface area contributed by atoms with Gasteiger partial charge in [-0.2, -0.15) is 0 Å². The molecule has 0 atom stereocenters. The van der Waals surface area contributed by atoms with Gasteiger partial charge in [0.05, 0.1) is 0 Å². The highest BCUT2D eigenvalue weighted by molar-refractivity contribution is 5.30. The van der Waals surface area contributed by atoms with Gasteiger partial charge in [0.15, 0.2) is 0 Å². The van der Waals surface area contributed by atoms with Crippen molar-refractivity contribution in [1.82, 2.24) is 15.3 Å². The first kappa shape index (κ1) is 15.4. The second-order valence-corrected chi connectivity index (χ2v) is 5.99. The Morgan fingerprint density at radius 3 is 2.43 bits per heavy atom. The van der Waals surface area contributed by atoms with Gasteiger partial charge >= 0.3 is 6.01 Å². The smallest absolute Gasteiger partial charge is 0.321 e. The number of rotatable bonds is 4. The van der Waals surface area contributed by atoms with E-state index in [1.54, 1.807) is 31.5 Å². The zero-order chi connectivity index (χ0) is 15.5. The van der Waals surface area contributed by atoms with Crippen LogP contribution in [0.4, 0.5) is 4.39 Å². The third kappa shape index (κ3) is 4.79. The molecule has 112 valence electrons. The molecular weight excluding hydrogens is 269 g/mol. The second-order valence-electron chi connectivity index (χ2n) is 5.99. The first-order chi connectivity index (χ1) is 9.83. The molecule has 0 fully saturated rings. The Balaban J connectivity index is 2.00. The lowest BCUT2D eigenvalue weighted by Gasteiger charge is -2.20. The van der Waals surface area contributed by atoms with Gasteiger partial charge in [-0.3, -0.25) is 0 Å². The summed E-state index contributed by atoms with van der Waals surface area (Å²) in [7, 11) is 0. The molecule has 1 aromatic heterocycles. The van der Waals surface area contributed by atoms with Gasteiger partial charge < -0.3 is 10.1 Å². The highest BCUT2D eigenvalue weighted by Gasteiger charge is 2.09. The van der Waals surface area contributed by atoms with Crippen LogP contribution in [-0.2, 0) is 6.54 Å². The summed E-state index contributed by atoms with van der Waals surface area (Å²) in [5.74, 6) is 0.265. The Kier molecular flexibility index (Phi) is 4.53. The maximum absolute atomic E-state index is 13.2. The van der Waals surface area contributed by atoms with Crippen LogP contribution in [0.3, 0.4) is 0 Å². The molecule has 0 saturated heterocycles. The number of aromatic nitrogens is 2. The van der Waals surface area contributed by atoms with E-state index in [2.05, 4.69) is 36.1 Å². The average molecular weight is 289 g/mol. The fourth-order valence-electron chi connectivity index (χ4n) is 1.64. The second kappa shape index (κ2) is 6.18. The van der Waals surface area contributed by atoms with Crippen molar-refractivity contribution in [3.05, 3.63) is 47.5 Å². The van der Waals surface area contributed by atoms with Crippen LogP contribution in [0.5, 0.6) is 11.8 Å². The number of ether oxygens (including phenoxy) is 1. The summed E-state index contributed by atoms with van der Waals surface area (Å²) in [6.45, 7) is 8.68. The van der Waals surface area contributed by atoms with Gasteiger partial charge in [-0.1, -0.05) is 0 Å². The molecule has 2 aromatic rings. The molecule has 0 aliphatic carbocycles. The molecule has 1 N–H and O–H groups in total. The van der Waals surface area contributed by atoms with E-state index >= 15 is 0 Å². The minimum atomic E-state index is -0.258. The molecule has 0 bridgehead atoms. The molecule has 0 spiro atoms. The highest BCUT2D eigenvalue weighted by atomic mass is 19.1. The van der Waals surface area contributed by atoms with Crippen LogP contribution in [0.2, 0.25) is 0 Å². The van der Waals surface area contributed by atoms with Gasteiger partial charge in [0, 0.05) is 30.0 Å². The normalized spacial score (nSPS) is 11.5. The summed E-state index contributed by atoms with van der Waals surface area (Å²) in [6, 6.07) is 4.79. The maximum atomic E-state index is 13.2. The average Bonchev–Trinajstić information content (AvgIpc) is 2.41. The molecule has 0 unspecified atom stereocenters. The molecule has 1 heterocycles. The third-order valence-corrected chi connectivity index (χ3v) is 2.84. The van der Waals surface area contributed by atoms with Crippen molar-refractivity contribution in [2.24, 2.45) is 0 Å². The van der Waals surface area contributed by atoms with Gasteiger partial charge in [0.25, 0.3) is 0 Å². The van der Waals surface area contributed by atoms with E-state index in [9.17, 15) is 4.39 Å². The monoisotopic (exact) mass is 289 g/mol. The lowest BCUT2D eigenvalue weighted by Crippen LogP contribution is -2.35. The van der Waals surface area contributed by atoms with Gasteiger partial charge in [-0.25, -0.2) is 14.4 Å². The first-order valence-corrected chi connectivity index (χ1v) is 6.83. The number of nitrogens with one attached hydrogen (secondary N) is 1. The summed E-state index contributed by atoms with van der Waals surface area (Å²) in [5, 5.41) is 3.36. The van der Waals surface area contributed by atoms with Crippen LogP contribution in [-0.4, -0.2) is 15.5 Å². The van der Waals surface area contributed by atoms with E-state index in [1.807, 2.05) is 0 Å². The van der Waals surface area contributed by atoms with Crippen molar-refractivity contribution in [3.63, 3.8) is 0 Å². The molecule has 5 heteroatoms. The molecule has 0 radical (unpaired) electrons. The summed E-state index contributed by atoms with van der Waals surface area (Å²) in [5.41, 5.74) is 1.55. The Labute approximate surface area is 124 Å². The number of hydrogen-bond acceptors (Lipinski definition) is 4. The van der Waals surface area contributed by atoms with E-state index in [0.717, 1.165) is 5.56 Å². The molecule has 0 aliphatic rings. The zero-order valence-corrected chi connectivity index (χ0v) is 12.8. The molecule has 0 amide bonds. The van der Waals surface area contributed by atoms with Crippen LogP contribution in [0.25, 0.3) is 0 Å². The SMILES string of the molecule is Cc1cc(Oc2ncc(CNC(C)(C)C)cn2)ccc1F.